The summed E-state index contributed by atoms with van der Waals surface area (Å²) in [6.07, 6.45) is 2.77. The van der Waals surface area contributed by atoms with E-state index in [1.165, 1.54) is 0 Å². The maximum atomic E-state index is 6.36. The standard InChI is InChI=1S/C24H42O7Si/c1-17(14-31-32(10,11)24(3,4)5)12-13-19-18(2)20(29-15-25-6)22(27-8)23(28-9)21(19)30-16-26-7/h12H,13-16H2,1-11H3/b17-12+. The lowest BCUT2D eigenvalue weighted by atomic mass is 10.00. The van der Waals surface area contributed by atoms with Crippen molar-refractivity contribution >= 4 is 8.32 Å². The van der Waals surface area contributed by atoms with Gasteiger partial charge in [0.1, 0.15) is 0 Å². The van der Waals surface area contributed by atoms with Gasteiger partial charge in [-0.25, -0.2) is 0 Å². The predicted molar refractivity (Wildman–Crippen MR) is 130 cm³/mol. The van der Waals surface area contributed by atoms with Crippen LogP contribution in [-0.4, -0.2) is 56.9 Å². The summed E-state index contributed by atoms with van der Waals surface area (Å²) in [5.74, 6) is 2.05. The third kappa shape index (κ3) is 7.13. The van der Waals surface area contributed by atoms with Crippen molar-refractivity contribution in [1.82, 2.24) is 0 Å². The van der Waals surface area contributed by atoms with Crippen LogP contribution in [0.4, 0.5) is 0 Å². The molecule has 0 radical (unpaired) electrons. The highest BCUT2D eigenvalue weighted by molar-refractivity contribution is 6.74. The normalized spacial score (nSPS) is 12.7. The molecule has 1 rings (SSSR count). The van der Waals surface area contributed by atoms with E-state index in [4.69, 9.17) is 32.8 Å². The Bertz CT molecular complexity index is 767. The van der Waals surface area contributed by atoms with Crippen molar-refractivity contribution in [2.45, 2.75) is 59.2 Å². The molecule has 0 aliphatic rings. The molecule has 8 heteroatoms. The first-order chi connectivity index (χ1) is 14.9. The lowest BCUT2D eigenvalue weighted by Gasteiger charge is -2.36. The van der Waals surface area contributed by atoms with E-state index in [1.54, 1.807) is 28.4 Å². The Hall–Kier alpha value is -1.74. The van der Waals surface area contributed by atoms with Gasteiger partial charge in [-0.05, 0) is 38.4 Å². The third-order valence-electron chi connectivity index (χ3n) is 5.86. The molecule has 184 valence electrons. The van der Waals surface area contributed by atoms with Crippen molar-refractivity contribution in [2.24, 2.45) is 0 Å². The monoisotopic (exact) mass is 470 g/mol. The summed E-state index contributed by atoms with van der Waals surface area (Å²) >= 11 is 0. The van der Waals surface area contributed by atoms with E-state index < -0.39 is 8.32 Å². The summed E-state index contributed by atoms with van der Waals surface area (Å²) in [4.78, 5) is 0. The number of benzene rings is 1. The van der Waals surface area contributed by atoms with E-state index in [2.05, 4.69) is 46.9 Å². The van der Waals surface area contributed by atoms with Gasteiger partial charge in [0.25, 0.3) is 0 Å². The minimum Gasteiger partial charge on any atom is -0.490 e. The molecule has 0 atom stereocenters. The zero-order valence-corrected chi connectivity index (χ0v) is 22.8. The highest BCUT2D eigenvalue weighted by atomic mass is 28.4. The van der Waals surface area contributed by atoms with Gasteiger partial charge < -0.3 is 32.8 Å². The zero-order valence-electron chi connectivity index (χ0n) is 21.8. The maximum absolute atomic E-state index is 6.36. The SMILES string of the molecule is COCOc1c(C)c(C/C=C(\C)CO[Si](C)(C)C(C)(C)C)c(OCOC)c(OC)c1OC. The second-order valence-electron chi connectivity index (χ2n) is 9.23. The Morgan fingerprint density at radius 1 is 0.844 bits per heavy atom. The second kappa shape index (κ2) is 12.5. The smallest absolute Gasteiger partial charge is 0.207 e. The van der Waals surface area contributed by atoms with Crippen LogP contribution in [0.15, 0.2) is 11.6 Å². The van der Waals surface area contributed by atoms with E-state index in [0.29, 0.717) is 36.0 Å². The molecule has 0 N–H and O–H groups in total. The number of rotatable bonds is 13. The molecular formula is C24H42O7Si. The Labute approximate surface area is 195 Å². The van der Waals surface area contributed by atoms with Crippen LogP contribution in [0, 0.1) is 6.92 Å². The number of methoxy groups -OCH3 is 4. The first-order valence-electron chi connectivity index (χ1n) is 10.8. The number of hydrogen-bond donors (Lipinski definition) is 0. The topological polar surface area (TPSA) is 64.6 Å². The van der Waals surface area contributed by atoms with Crippen LogP contribution in [0.1, 0.15) is 38.8 Å². The van der Waals surface area contributed by atoms with Crippen molar-refractivity contribution in [2.75, 3.05) is 48.6 Å². The summed E-state index contributed by atoms with van der Waals surface area (Å²) in [6.45, 7) is 16.1. The predicted octanol–water partition coefficient (Wildman–Crippen LogP) is 5.49. The Morgan fingerprint density at radius 3 is 1.81 bits per heavy atom. The number of allylic oxidation sites excluding steroid dienone is 1. The molecule has 7 nitrogen and oxygen atoms in total. The van der Waals surface area contributed by atoms with Crippen LogP contribution in [-0.2, 0) is 20.3 Å². The van der Waals surface area contributed by atoms with Crippen LogP contribution in [0.2, 0.25) is 18.1 Å². The van der Waals surface area contributed by atoms with E-state index in [0.717, 1.165) is 16.7 Å². The molecule has 0 heterocycles. The highest BCUT2D eigenvalue weighted by Gasteiger charge is 2.37. The van der Waals surface area contributed by atoms with Gasteiger partial charge in [0.15, 0.2) is 33.4 Å². The van der Waals surface area contributed by atoms with Gasteiger partial charge in [0, 0.05) is 25.3 Å². The summed E-state index contributed by atoms with van der Waals surface area (Å²) in [6, 6.07) is 0. The van der Waals surface area contributed by atoms with Gasteiger partial charge in [0.2, 0.25) is 11.5 Å². The molecule has 0 unspecified atom stereocenters. The van der Waals surface area contributed by atoms with Gasteiger partial charge in [-0.1, -0.05) is 32.4 Å². The first kappa shape index (κ1) is 28.3. The van der Waals surface area contributed by atoms with Gasteiger partial charge >= 0.3 is 0 Å². The largest absolute Gasteiger partial charge is 0.490 e. The minimum absolute atomic E-state index is 0.0847. The molecule has 0 aliphatic carbocycles. The molecular weight excluding hydrogens is 428 g/mol. The van der Waals surface area contributed by atoms with Crippen LogP contribution < -0.4 is 18.9 Å². The Morgan fingerprint density at radius 2 is 1.34 bits per heavy atom. The number of ether oxygens (including phenoxy) is 6. The van der Waals surface area contributed by atoms with Crippen LogP contribution in [0.25, 0.3) is 0 Å². The average Bonchev–Trinajstić information content (AvgIpc) is 2.73. The van der Waals surface area contributed by atoms with Crippen LogP contribution >= 0.6 is 0 Å². The van der Waals surface area contributed by atoms with Gasteiger partial charge in [0.05, 0.1) is 20.8 Å². The molecule has 0 bridgehead atoms. The second-order valence-corrected chi connectivity index (χ2v) is 14.0. The molecule has 0 amide bonds. The molecule has 0 aliphatic heterocycles. The van der Waals surface area contributed by atoms with Crippen molar-refractivity contribution in [3.8, 4) is 23.0 Å². The lowest BCUT2D eigenvalue weighted by Crippen LogP contribution is -2.41. The molecule has 0 fully saturated rings. The lowest BCUT2D eigenvalue weighted by molar-refractivity contribution is 0.0439. The summed E-state index contributed by atoms with van der Waals surface area (Å²) in [5, 5.41) is 0.169. The molecule has 0 aromatic heterocycles. The molecule has 0 saturated carbocycles. The van der Waals surface area contributed by atoms with E-state index >= 15 is 0 Å². The summed E-state index contributed by atoms with van der Waals surface area (Å²) in [7, 11) is 4.48. The van der Waals surface area contributed by atoms with Crippen LogP contribution in [0.3, 0.4) is 0 Å². The number of hydrogen-bond acceptors (Lipinski definition) is 7. The minimum atomic E-state index is -1.82. The maximum Gasteiger partial charge on any atom is 0.207 e. The third-order valence-corrected chi connectivity index (χ3v) is 10.3. The molecule has 1 aromatic rings. The fourth-order valence-corrected chi connectivity index (χ4v) is 3.87. The van der Waals surface area contributed by atoms with Gasteiger partial charge in [-0.3, -0.25) is 0 Å². The fraction of sp³-hybridized carbons (Fsp3) is 0.667. The van der Waals surface area contributed by atoms with Crippen molar-refractivity contribution in [3.63, 3.8) is 0 Å². The van der Waals surface area contributed by atoms with Gasteiger partial charge in [-0.2, -0.15) is 0 Å². The van der Waals surface area contributed by atoms with Crippen LogP contribution in [0.5, 0.6) is 23.0 Å². The zero-order chi connectivity index (χ0) is 24.5. The Kier molecular flexibility index (Phi) is 11.0. The van der Waals surface area contributed by atoms with E-state index in [-0.39, 0.29) is 18.6 Å². The molecule has 32 heavy (non-hydrogen) atoms. The molecule has 1 aromatic carbocycles. The molecule has 0 saturated heterocycles. The van der Waals surface area contributed by atoms with Crippen molar-refractivity contribution in [3.05, 3.63) is 22.8 Å². The van der Waals surface area contributed by atoms with Crippen molar-refractivity contribution in [1.29, 1.82) is 0 Å². The highest BCUT2D eigenvalue weighted by Crippen LogP contribution is 2.50. The summed E-state index contributed by atoms with van der Waals surface area (Å²) < 4.78 is 39.6. The fourth-order valence-electron chi connectivity index (χ4n) is 2.85. The van der Waals surface area contributed by atoms with Crippen molar-refractivity contribution < 1.29 is 32.8 Å². The van der Waals surface area contributed by atoms with E-state index in [1.807, 2.05) is 6.92 Å². The Balaban J connectivity index is 3.35. The van der Waals surface area contributed by atoms with Gasteiger partial charge in [-0.15, -0.1) is 0 Å². The quantitative estimate of drug-likeness (QED) is 0.215. The molecule has 0 spiro atoms. The summed E-state index contributed by atoms with van der Waals surface area (Å²) in [5.41, 5.74) is 2.97. The van der Waals surface area contributed by atoms with E-state index in [9.17, 15) is 0 Å². The first-order valence-corrected chi connectivity index (χ1v) is 13.7. The average molecular weight is 471 g/mol.